The highest BCUT2D eigenvalue weighted by Crippen LogP contribution is 2.25. The lowest BCUT2D eigenvalue weighted by atomic mass is 10.00. The van der Waals surface area contributed by atoms with Gasteiger partial charge in [0.15, 0.2) is 5.82 Å². The van der Waals surface area contributed by atoms with Crippen LogP contribution in [0.4, 0.5) is 4.79 Å². The Morgan fingerprint density at radius 1 is 0.651 bits per heavy atom. The van der Waals surface area contributed by atoms with Gasteiger partial charge in [-0.3, -0.25) is 4.79 Å². The second-order valence-corrected chi connectivity index (χ2v) is 11.7. The number of nitrogens with zero attached hydrogens (tertiary/aromatic N) is 2. The van der Waals surface area contributed by atoms with Crippen LogP contribution in [-0.4, -0.2) is 28.7 Å². The molecule has 0 aliphatic heterocycles. The smallest absolute Gasteiger partial charge is 0.434 e. The number of hydrogen-bond acceptors (Lipinski definition) is 7. The molecule has 0 saturated heterocycles. The quantitative estimate of drug-likeness (QED) is 0.0632. The molecule has 0 bridgehead atoms. The molecule has 0 spiro atoms. The highest BCUT2D eigenvalue weighted by atomic mass is 16.7. The Bertz CT molecular complexity index is 1220. The lowest BCUT2D eigenvalue weighted by Gasteiger charge is -2.12. The number of ether oxygens (including phenoxy) is 3. The van der Waals surface area contributed by atoms with Crippen LogP contribution in [0.5, 0.6) is 11.5 Å². The standard InChI is InChI=1S/C36H48N2O5/c1-5-6-7-8-9-10-11-12-24-41-36(40)43-33-20-16-29(17-21-33)31-25-37-34(38-26-31)30-18-22-32(23-19-30)42-35(39)28(4)15-13-14-27(2)3/h16-23,25-28H,5-15,24H2,1-4H3. The SMILES string of the molecule is CCCCCCCCCCOC(=O)Oc1ccc(-c2cnc(-c3ccc(OC(=O)C(C)CCCC(C)C)cc3)nc2)cc1. The third kappa shape index (κ3) is 12.6. The lowest BCUT2D eigenvalue weighted by Crippen LogP contribution is -2.17. The zero-order chi connectivity index (χ0) is 30.9. The molecule has 43 heavy (non-hydrogen) atoms. The van der Waals surface area contributed by atoms with Gasteiger partial charge in [-0.2, -0.15) is 0 Å². The Balaban J connectivity index is 1.41. The van der Waals surface area contributed by atoms with Gasteiger partial charge in [-0.1, -0.05) is 97.6 Å². The summed E-state index contributed by atoms with van der Waals surface area (Å²) in [5, 5.41) is 0. The maximum Gasteiger partial charge on any atom is 0.513 e. The second-order valence-electron chi connectivity index (χ2n) is 11.7. The Kier molecular flexibility index (Phi) is 14.7. The first kappa shape index (κ1) is 33.8. The van der Waals surface area contributed by atoms with E-state index < -0.39 is 6.16 Å². The molecule has 0 N–H and O–H groups in total. The average molecular weight is 589 g/mol. The zero-order valence-electron chi connectivity index (χ0n) is 26.3. The predicted octanol–water partition coefficient (Wildman–Crippen LogP) is 9.83. The monoisotopic (exact) mass is 588 g/mol. The van der Waals surface area contributed by atoms with Crippen molar-refractivity contribution in [2.45, 2.75) is 98.3 Å². The minimum atomic E-state index is -0.680. The molecular formula is C36H48N2O5. The third-order valence-electron chi connectivity index (χ3n) is 7.41. The van der Waals surface area contributed by atoms with E-state index in [1.807, 2.05) is 31.2 Å². The van der Waals surface area contributed by atoms with Crippen LogP contribution < -0.4 is 9.47 Å². The van der Waals surface area contributed by atoms with Gasteiger partial charge in [-0.25, -0.2) is 14.8 Å². The summed E-state index contributed by atoms with van der Waals surface area (Å²) in [6.07, 6.45) is 15.3. The molecule has 1 unspecified atom stereocenters. The number of aromatic nitrogens is 2. The molecule has 1 heterocycles. The fourth-order valence-electron chi connectivity index (χ4n) is 4.70. The van der Waals surface area contributed by atoms with E-state index in [0.29, 0.717) is 29.8 Å². The summed E-state index contributed by atoms with van der Waals surface area (Å²) in [6, 6.07) is 14.4. The van der Waals surface area contributed by atoms with E-state index in [1.54, 1.807) is 36.7 Å². The summed E-state index contributed by atoms with van der Waals surface area (Å²) in [5.74, 6) is 1.81. The molecule has 2 aromatic carbocycles. The maximum absolute atomic E-state index is 12.4. The van der Waals surface area contributed by atoms with Crippen molar-refractivity contribution in [2.24, 2.45) is 11.8 Å². The Labute approximate surface area is 257 Å². The highest BCUT2D eigenvalue weighted by Gasteiger charge is 2.16. The van der Waals surface area contributed by atoms with Crippen molar-refractivity contribution in [1.29, 1.82) is 0 Å². The van der Waals surface area contributed by atoms with Crippen molar-refractivity contribution < 1.29 is 23.8 Å². The van der Waals surface area contributed by atoms with E-state index in [2.05, 4.69) is 30.7 Å². The molecule has 232 valence electrons. The number of unbranched alkanes of at least 4 members (excludes halogenated alkanes) is 7. The average Bonchev–Trinajstić information content (AvgIpc) is 3.01. The molecule has 0 saturated carbocycles. The van der Waals surface area contributed by atoms with Gasteiger partial charge >= 0.3 is 12.1 Å². The van der Waals surface area contributed by atoms with Gasteiger partial charge in [0.25, 0.3) is 0 Å². The summed E-state index contributed by atoms with van der Waals surface area (Å²) >= 11 is 0. The van der Waals surface area contributed by atoms with Crippen molar-refractivity contribution in [2.75, 3.05) is 6.61 Å². The van der Waals surface area contributed by atoms with Gasteiger partial charge in [0.2, 0.25) is 0 Å². The molecular weight excluding hydrogens is 540 g/mol. The van der Waals surface area contributed by atoms with Crippen molar-refractivity contribution >= 4 is 12.1 Å². The van der Waals surface area contributed by atoms with Gasteiger partial charge in [0.05, 0.1) is 12.5 Å². The fourth-order valence-corrected chi connectivity index (χ4v) is 4.70. The fraction of sp³-hybridized carbons (Fsp3) is 0.500. The molecule has 0 aliphatic carbocycles. The summed E-state index contributed by atoms with van der Waals surface area (Å²) in [4.78, 5) is 33.5. The van der Waals surface area contributed by atoms with Crippen LogP contribution in [0.2, 0.25) is 0 Å². The summed E-state index contributed by atoms with van der Waals surface area (Å²) < 4.78 is 16.1. The van der Waals surface area contributed by atoms with E-state index in [0.717, 1.165) is 48.8 Å². The van der Waals surface area contributed by atoms with Crippen LogP contribution in [0.25, 0.3) is 22.5 Å². The number of esters is 1. The molecule has 7 nitrogen and oxygen atoms in total. The molecule has 0 fully saturated rings. The third-order valence-corrected chi connectivity index (χ3v) is 7.41. The predicted molar refractivity (Wildman–Crippen MR) is 171 cm³/mol. The van der Waals surface area contributed by atoms with Crippen molar-refractivity contribution in [3.63, 3.8) is 0 Å². The Hall–Kier alpha value is -3.74. The Morgan fingerprint density at radius 2 is 1.21 bits per heavy atom. The maximum atomic E-state index is 12.4. The van der Waals surface area contributed by atoms with Crippen LogP contribution >= 0.6 is 0 Å². The van der Waals surface area contributed by atoms with Crippen LogP contribution in [0.15, 0.2) is 60.9 Å². The second kappa shape index (κ2) is 18.7. The highest BCUT2D eigenvalue weighted by molar-refractivity contribution is 5.75. The van der Waals surface area contributed by atoms with Gasteiger partial charge < -0.3 is 14.2 Å². The first-order valence-electron chi connectivity index (χ1n) is 15.9. The molecule has 0 aliphatic rings. The number of rotatable bonds is 18. The number of carbonyl (C=O) groups excluding carboxylic acids is 2. The topological polar surface area (TPSA) is 87.6 Å². The van der Waals surface area contributed by atoms with Gasteiger partial charge in [0, 0.05) is 23.5 Å². The zero-order valence-corrected chi connectivity index (χ0v) is 26.3. The number of carbonyl (C=O) groups is 2. The summed E-state index contributed by atoms with van der Waals surface area (Å²) in [7, 11) is 0. The van der Waals surface area contributed by atoms with E-state index in [9.17, 15) is 9.59 Å². The minimum Gasteiger partial charge on any atom is -0.434 e. The number of benzene rings is 2. The van der Waals surface area contributed by atoms with Gasteiger partial charge in [0.1, 0.15) is 11.5 Å². The van der Waals surface area contributed by atoms with Crippen molar-refractivity contribution in [3.05, 3.63) is 60.9 Å². The molecule has 1 aromatic heterocycles. The van der Waals surface area contributed by atoms with Gasteiger partial charge in [-0.15, -0.1) is 0 Å². The number of hydrogen-bond donors (Lipinski definition) is 0. The molecule has 0 amide bonds. The lowest BCUT2D eigenvalue weighted by molar-refractivity contribution is -0.138. The molecule has 0 radical (unpaired) electrons. The van der Waals surface area contributed by atoms with E-state index in [-0.39, 0.29) is 11.9 Å². The molecule has 7 heteroatoms. The van der Waals surface area contributed by atoms with E-state index >= 15 is 0 Å². The van der Waals surface area contributed by atoms with Crippen LogP contribution in [0.1, 0.15) is 98.3 Å². The van der Waals surface area contributed by atoms with Gasteiger partial charge in [-0.05, 0) is 60.7 Å². The molecule has 3 aromatic rings. The Morgan fingerprint density at radius 3 is 1.81 bits per heavy atom. The van der Waals surface area contributed by atoms with E-state index in [1.165, 1.54) is 38.5 Å². The first-order chi connectivity index (χ1) is 20.9. The normalized spacial score (nSPS) is 11.7. The van der Waals surface area contributed by atoms with Crippen LogP contribution in [-0.2, 0) is 9.53 Å². The first-order valence-corrected chi connectivity index (χ1v) is 15.9. The van der Waals surface area contributed by atoms with Crippen LogP contribution in [0, 0.1) is 11.8 Å². The summed E-state index contributed by atoms with van der Waals surface area (Å²) in [5.41, 5.74) is 2.56. The van der Waals surface area contributed by atoms with Crippen molar-refractivity contribution in [1.82, 2.24) is 9.97 Å². The van der Waals surface area contributed by atoms with E-state index in [4.69, 9.17) is 14.2 Å². The minimum absolute atomic E-state index is 0.131. The summed E-state index contributed by atoms with van der Waals surface area (Å²) in [6.45, 7) is 8.89. The van der Waals surface area contributed by atoms with Crippen LogP contribution in [0.3, 0.4) is 0 Å². The largest absolute Gasteiger partial charge is 0.513 e. The van der Waals surface area contributed by atoms with Crippen molar-refractivity contribution in [3.8, 4) is 34.0 Å². The molecule has 3 rings (SSSR count). The molecule has 1 atom stereocenters.